The fourth-order valence-electron chi connectivity index (χ4n) is 3.80. The molecular weight excluding hydrogens is 392 g/mol. The summed E-state index contributed by atoms with van der Waals surface area (Å²) in [5.41, 5.74) is 8.00. The Kier molecular flexibility index (Phi) is 6.04. The van der Waals surface area contributed by atoms with Gasteiger partial charge >= 0.3 is 5.97 Å². The van der Waals surface area contributed by atoms with Gasteiger partial charge < -0.3 is 26.2 Å². The summed E-state index contributed by atoms with van der Waals surface area (Å²) in [6.45, 7) is 2.29. The van der Waals surface area contributed by atoms with E-state index in [2.05, 4.69) is 10.6 Å². The number of carboxylic acids is 1. The molecule has 7 heteroatoms. The molecule has 0 unspecified atom stereocenters. The Morgan fingerprint density at radius 1 is 1.10 bits per heavy atom. The molecular formula is C24H26N4O3. The van der Waals surface area contributed by atoms with E-state index in [1.165, 1.54) is 0 Å². The molecule has 0 aliphatic carbocycles. The molecule has 3 aromatic rings. The van der Waals surface area contributed by atoms with Crippen molar-refractivity contribution in [3.63, 3.8) is 0 Å². The first-order chi connectivity index (χ1) is 15.0. The fraction of sp³-hybridized carbons (Fsp3) is 0.250. The number of hydrogen-bond donors (Lipinski definition) is 5. The predicted octanol–water partition coefficient (Wildman–Crippen LogP) is 3.56. The largest absolute Gasteiger partial charge is 0.490 e. The molecule has 31 heavy (non-hydrogen) atoms. The first-order valence-electron chi connectivity index (χ1n) is 10.4. The first-order valence-corrected chi connectivity index (χ1v) is 10.4. The molecule has 6 N–H and O–H groups in total. The van der Waals surface area contributed by atoms with Crippen LogP contribution in [0.4, 0.5) is 5.69 Å². The number of ether oxygens (including phenoxy) is 1. The normalized spacial score (nSPS) is 14.3. The van der Waals surface area contributed by atoms with E-state index in [0.717, 1.165) is 42.3 Å². The molecule has 3 aromatic carbocycles. The second-order valence-electron chi connectivity index (χ2n) is 7.74. The summed E-state index contributed by atoms with van der Waals surface area (Å²) in [6, 6.07) is 16.8. The maximum absolute atomic E-state index is 11.8. The maximum Gasteiger partial charge on any atom is 0.337 e. The number of carboxylic acid groups (broad SMARTS) is 1. The van der Waals surface area contributed by atoms with Crippen LogP contribution in [0.5, 0.6) is 5.75 Å². The van der Waals surface area contributed by atoms with Crippen LogP contribution < -0.4 is 21.1 Å². The number of amidine groups is 1. The van der Waals surface area contributed by atoms with E-state index >= 15 is 0 Å². The lowest BCUT2D eigenvalue weighted by Gasteiger charge is -2.24. The van der Waals surface area contributed by atoms with Gasteiger partial charge in [-0.25, -0.2) is 4.79 Å². The van der Waals surface area contributed by atoms with E-state index in [1.807, 2.05) is 42.5 Å². The summed E-state index contributed by atoms with van der Waals surface area (Å²) in [5.74, 6) is -0.386. The van der Waals surface area contributed by atoms with Gasteiger partial charge in [-0.15, -0.1) is 0 Å². The molecule has 7 nitrogen and oxygen atoms in total. The topological polar surface area (TPSA) is 120 Å². The number of benzene rings is 3. The number of nitrogens with one attached hydrogen (secondary N) is 3. The first kappa shape index (κ1) is 20.7. The molecule has 0 amide bonds. The third-order valence-corrected chi connectivity index (χ3v) is 5.51. The lowest BCUT2D eigenvalue weighted by molar-refractivity contribution is 0.0696. The third-order valence-electron chi connectivity index (χ3n) is 5.51. The van der Waals surface area contributed by atoms with Gasteiger partial charge in [-0.1, -0.05) is 24.3 Å². The molecule has 0 aromatic heterocycles. The molecule has 1 heterocycles. The predicted molar refractivity (Wildman–Crippen MR) is 122 cm³/mol. The summed E-state index contributed by atoms with van der Waals surface area (Å²) in [5, 5.41) is 25.9. The maximum atomic E-state index is 11.8. The number of aromatic carboxylic acids is 1. The van der Waals surface area contributed by atoms with Crippen molar-refractivity contribution in [1.82, 2.24) is 5.32 Å². The highest BCUT2D eigenvalue weighted by Crippen LogP contribution is 2.26. The zero-order valence-corrected chi connectivity index (χ0v) is 17.2. The quantitative estimate of drug-likeness (QED) is 0.296. The molecule has 0 radical (unpaired) electrons. The second kappa shape index (κ2) is 9.06. The van der Waals surface area contributed by atoms with E-state index in [1.54, 1.807) is 12.1 Å². The lowest BCUT2D eigenvalue weighted by Crippen LogP contribution is -2.34. The Bertz CT molecular complexity index is 1120. The number of anilines is 1. The van der Waals surface area contributed by atoms with Gasteiger partial charge in [0.1, 0.15) is 17.7 Å². The number of hydrogen-bond acceptors (Lipinski definition) is 5. The van der Waals surface area contributed by atoms with Gasteiger partial charge in [0.05, 0.1) is 5.56 Å². The van der Waals surface area contributed by atoms with Crippen LogP contribution in [-0.2, 0) is 6.54 Å². The molecule has 0 bridgehead atoms. The average molecular weight is 418 g/mol. The van der Waals surface area contributed by atoms with Gasteiger partial charge in [-0.3, -0.25) is 5.41 Å². The van der Waals surface area contributed by atoms with Gasteiger partial charge in [0.2, 0.25) is 0 Å². The van der Waals surface area contributed by atoms with Crippen molar-refractivity contribution in [2.75, 3.05) is 18.4 Å². The summed E-state index contributed by atoms with van der Waals surface area (Å²) < 4.78 is 5.98. The number of nitrogens with two attached hydrogens (primary N) is 1. The molecule has 1 aliphatic heterocycles. The highest BCUT2D eigenvalue weighted by Gasteiger charge is 2.17. The van der Waals surface area contributed by atoms with E-state index < -0.39 is 5.97 Å². The van der Waals surface area contributed by atoms with Crippen LogP contribution in [0, 0.1) is 5.41 Å². The van der Waals surface area contributed by atoms with Crippen molar-refractivity contribution in [1.29, 1.82) is 5.41 Å². The van der Waals surface area contributed by atoms with Crippen molar-refractivity contribution < 1.29 is 14.6 Å². The van der Waals surface area contributed by atoms with Crippen molar-refractivity contribution in [3.05, 3.63) is 71.3 Å². The highest BCUT2D eigenvalue weighted by molar-refractivity contribution is 5.99. The number of piperidine rings is 1. The molecule has 1 fully saturated rings. The number of carbonyl (C=O) groups is 1. The van der Waals surface area contributed by atoms with Crippen LogP contribution in [0.15, 0.2) is 54.6 Å². The van der Waals surface area contributed by atoms with Crippen LogP contribution in [0.25, 0.3) is 10.8 Å². The Morgan fingerprint density at radius 2 is 1.87 bits per heavy atom. The minimum Gasteiger partial charge on any atom is -0.490 e. The zero-order chi connectivity index (χ0) is 21.8. The smallest absolute Gasteiger partial charge is 0.337 e. The summed E-state index contributed by atoms with van der Waals surface area (Å²) in [6.07, 6.45) is 1.94. The fourth-order valence-corrected chi connectivity index (χ4v) is 3.80. The van der Waals surface area contributed by atoms with Crippen molar-refractivity contribution in [2.24, 2.45) is 5.73 Å². The van der Waals surface area contributed by atoms with Gasteiger partial charge in [0, 0.05) is 17.8 Å². The van der Waals surface area contributed by atoms with Crippen molar-refractivity contribution >= 4 is 28.3 Å². The SMILES string of the molecule is N=C(N)c1ccc2ccc(CNc3ccc(OC4CCNCC4)cc3C(=O)O)cc2c1. The monoisotopic (exact) mass is 418 g/mol. The van der Waals surface area contributed by atoms with E-state index in [-0.39, 0.29) is 17.5 Å². The molecule has 1 saturated heterocycles. The van der Waals surface area contributed by atoms with Gasteiger partial charge in [0.25, 0.3) is 0 Å². The molecule has 0 atom stereocenters. The number of nitrogen functional groups attached to an aromatic ring is 1. The van der Waals surface area contributed by atoms with Gasteiger partial charge in [-0.05, 0) is 72.6 Å². The van der Waals surface area contributed by atoms with Crippen molar-refractivity contribution in [2.45, 2.75) is 25.5 Å². The summed E-state index contributed by atoms with van der Waals surface area (Å²) in [7, 11) is 0. The van der Waals surface area contributed by atoms with E-state index in [4.69, 9.17) is 15.9 Å². The van der Waals surface area contributed by atoms with Gasteiger partial charge in [-0.2, -0.15) is 0 Å². The van der Waals surface area contributed by atoms with Gasteiger partial charge in [0.15, 0.2) is 0 Å². The molecule has 1 aliphatic rings. The van der Waals surface area contributed by atoms with Crippen LogP contribution >= 0.6 is 0 Å². The molecule has 4 rings (SSSR count). The Labute approximate surface area is 180 Å². The standard InChI is InChI=1S/C24H26N4O3/c25-23(26)17-4-3-16-2-1-15(11-18(16)12-17)14-28-22-6-5-20(13-21(22)24(29)30)31-19-7-9-27-10-8-19/h1-6,11-13,19,27-28H,7-10,14H2,(H3,25,26)(H,29,30). The number of rotatable bonds is 7. The van der Waals surface area contributed by atoms with E-state index in [9.17, 15) is 9.90 Å². The van der Waals surface area contributed by atoms with Crippen LogP contribution in [0.1, 0.15) is 34.3 Å². The number of fused-ring (bicyclic) bond motifs is 1. The highest BCUT2D eigenvalue weighted by atomic mass is 16.5. The lowest BCUT2D eigenvalue weighted by atomic mass is 10.0. The zero-order valence-electron chi connectivity index (χ0n) is 17.2. The minimum atomic E-state index is -0.997. The molecule has 0 spiro atoms. The van der Waals surface area contributed by atoms with E-state index in [0.29, 0.717) is 23.5 Å². The molecule has 0 saturated carbocycles. The summed E-state index contributed by atoms with van der Waals surface area (Å²) >= 11 is 0. The Morgan fingerprint density at radius 3 is 2.61 bits per heavy atom. The summed E-state index contributed by atoms with van der Waals surface area (Å²) in [4.78, 5) is 11.8. The Balaban J connectivity index is 1.50. The van der Waals surface area contributed by atoms with Crippen LogP contribution in [0.2, 0.25) is 0 Å². The minimum absolute atomic E-state index is 0.0309. The Hall–Kier alpha value is -3.58. The third kappa shape index (κ3) is 4.95. The average Bonchev–Trinajstić information content (AvgIpc) is 2.78. The van der Waals surface area contributed by atoms with Crippen LogP contribution in [-0.4, -0.2) is 36.1 Å². The van der Waals surface area contributed by atoms with Crippen LogP contribution in [0.3, 0.4) is 0 Å². The van der Waals surface area contributed by atoms with Crippen molar-refractivity contribution in [3.8, 4) is 5.75 Å². The second-order valence-corrected chi connectivity index (χ2v) is 7.74. The molecule has 160 valence electrons.